The second kappa shape index (κ2) is 9.33. The van der Waals surface area contributed by atoms with Crippen molar-refractivity contribution in [3.63, 3.8) is 0 Å². The molecular weight excluding hydrogens is 476 g/mol. The van der Waals surface area contributed by atoms with Gasteiger partial charge in [-0.3, -0.25) is 4.79 Å². The molecule has 4 aromatic rings. The van der Waals surface area contributed by atoms with Gasteiger partial charge in [-0.2, -0.15) is 0 Å². The molecule has 0 amide bonds. The third-order valence-corrected chi connectivity index (χ3v) is 8.40. The van der Waals surface area contributed by atoms with Gasteiger partial charge in [0.2, 0.25) is 0 Å². The molecule has 0 radical (unpaired) electrons. The van der Waals surface area contributed by atoms with Crippen LogP contribution >= 0.6 is 0 Å². The van der Waals surface area contributed by atoms with Gasteiger partial charge in [-0.05, 0) is 99.6 Å². The van der Waals surface area contributed by atoms with Crippen molar-refractivity contribution in [1.29, 1.82) is 0 Å². The Morgan fingerprint density at radius 1 is 1.00 bits per heavy atom. The molecule has 0 bridgehead atoms. The first-order valence-electron chi connectivity index (χ1n) is 13.5. The number of aromatic amines is 1. The Bertz CT molecular complexity index is 1520. The van der Waals surface area contributed by atoms with Crippen molar-refractivity contribution in [2.75, 3.05) is 31.1 Å². The minimum atomic E-state index is -1.02. The van der Waals surface area contributed by atoms with Crippen molar-refractivity contribution < 1.29 is 9.84 Å². The number of H-pyrrole nitrogens is 1. The van der Waals surface area contributed by atoms with E-state index in [9.17, 15) is 9.90 Å². The summed E-state index contributed by atoms with van der Waals surface area (Å²) in [7, 11) is 1.75. The Kier molecular flexibility index (Phi) is 6.08. The van der Waals surface area contributed by atoms with Gasteiger partial charge in [0, 0.05) is 54.7 Å². The lowest BCUT2D eigenvalue weighted by atomic mass is 9.78. The number of ether oxygens (including phenoxy) is 1. The van der Waals surface area contributed by atoms with Gasteiger partial charge in [-0.25, -0.2) is 0 Å². The van der Waals surface area contributed by atoms with E-state index in [4.69, 9.17) is 4.74 Å². The van der Waals surface area contributed by atoms with E-state index in [2.05, 4.69) is 27.3 Å². The first-order valence-corrected chi connectivity index (χ1v) is 13.5. The predicted octanol–water partition coefficient (Wildman–Crippen LogP) is 5.13. The molecule has 2 aliphatic heterocycles. The van der Waals surface area contributed by atoms with Crippen molar-refractivity contribution in [3.8, 4) is 22.6 Å². The number of pyridine rings is 1. The van der Waals surface area contributed by atoms with E-state index in [0.717, 1.165) is 54.0 Å². The van der Waals surface area contributed by atoms with Crippen LogP contribution in [-0.2, 0) is 12.6 Å². The summed E-state index contributed by atoms with van der Waals surface area (Å²) in [6.45, 7) is 8.01. The number of piperidine rings is 1. The first-order chi connectivity index (χ1) is 18.2. The number of anilines is 1. The molecule has 0 saturated carbocycles. The highest BCUT2D eigenvalue weighted by molar-refractivity contribution is 5.96. The fourth-order valence-corrected chi connectivity index (χ4v) is 6.07. The number of benzene rings is 2. The van der Waals surface area contributed by atoms with E-state index in [1.54, 1.807) is 31.7 Å². The van der Waals surface area contributed by atoms with Crippen LogP contribution in [0.25, 0.3) is 22.0 Å². The lowest BCUT2D eigenvalue weighted by Gasteiger charge is -2.34. The predicted molar refractivity (Wildman–Crippen MR) is 152 cm³/mol. The van der Waals surface area contributed by atoms with Gasteiger partial charge >= 0.3 is 0 Å². The molecule has 0 aliphatic carbocycles. The quantitative estimate of drug-likeness (QED) is 0.345. The van der Waals surface area contributed by atoms with Crippen LogP contribution in [0, 0.1) is 5.41 Å². The molecule has 4 heterocycles. The Morgan fingerprint density at radius 2 is 1.76 bits per heavy atom. The fraction of sp³-hybridized carbons (Fsp3) is 0.387. The number of nitrogens with one attached hydrogen (secondary N) is 2. The molecule has 198 valence electrons. The monoisotopic (exact) mass is 512 g/mol. The van der Waals surface area contributed by atoms with Gasteiger partial charge in [-0.15, -0.1) is 0 Å². The van der Waals surface area contributed by atoms with Crippen LogP contribution in [0.1, 0.15) is 38.7 Å². The molecule has 2 saturated heterocycles. The highest BCUT2D eigenvalue weighted by Crippen LogP contribution is 2.42. The molecule has 0 atom stereocenters. The molecule has 2 aromatic carbocycles. The number of fused-ring (bicyclic) bond motifs is 1. The number of nitrogens with zero attached hydrogens (tertiary/aromatic N) is 2. The summed E-state index contributed by atoms with van der Waals surface area (Å²) in [5.74, 6) is 1.42. The van der Waals surface area contributed by atoms with Gasteiger partial charge in [0.05, 0.1) is 5.60 Å². The minimum absolute atomic E-state index is 0.0846. The largest absolute Gasteiger partial charge is 0.457 e. The van der Waals surface area contributed by atoms with Crippen LogP contribution in [0.3, 0.4) is 0 Å². The molecule has 38 heavy (non-hydrogen) atoms. The van der Waals surface area contributed by atoms with E-state index in [0.29, 0.717) is 16.7 Å². The molecule has 7 nitrogen and oxygen atoms in total. The normalized spacial score (nSPS) is 17.4. The third kappa shape index (κ3) is 4.50. The second-order valence-electron chi connectivity index (χ2n) is 11.5. The average Bonchev–Trinajstić information content (AvgIpc) is 3.55. The van der Waals surface area contributed by atoms with Gasteiger partial charge in [-0.1, -0.05) is 6.07 Å². The van der Waals surface area contributed by atoms with Gasteiger partial charge in [0.1, 0.15) is 17.0 Å². The lowest BCUT2D eigenvalue weighted by molar-refractivity contribution is 0.0786. The fourth-order valence-electron chi connectivity index (χ4n) is 6.07. The molecule has 7 heteroatoms. The molecule has 1 spiro atoms. The van der Waals surface area contributed by atoms with Gasteiger partial charge < -0.3 is 29.6 Å². The van der Waals surface area contributed by atoms with Crippen LogP contribution in [0.5, 0.6) is 11.5 Å². The smallest absolute Gasteiger partial charge is 0.274 e. The summed E-state index contributed by atoms with van der Waals surface area (Å²) in [6.07, 6.45) is 7.39. The Labute approximate surface area is 223 Å². The number of hydrogen-bond acceptors (Lipinski definition) is 5. The van der Waals surface area contributed by atoms with E-state index < -0.39 is 5.60 Å². The topological polar surface area (TPSA) is 82.5 Å². The first kappa shape index (κ1) is 24.8. The van der Waals surface area contributed by atoms with E-state index in [-0.39, 0.29) is 5.56 Å². The Balaban J connectivity index is 1.32. The summed E-state index contributed by atoms with van der Waals surface area (Å²) in [5.41, 5.74) is 3.59. The van der Waals surface area contributed by atoms with Crippen LogP contribution in [0.15, 0.2) is 65.7 Å². The zero-order valence-electron chi connectivity index (χ0n) is 22.4. The highest BCUT2D eigenvalue weighted by atomic mass is 16.5. The molecule has 2 fully saturated rings. The van der Waals surface area contributed by atoms with Crippen molar-refractivity contribution >= 4 is 16.6 Å². The highest BCUT2D eigenvalue weighted by Gasteiger charge is 2.38. The summed E-state index contributed by atoms with van der Waals surface area (Å²) in [6, 6.07) is 16.0. The Morgan fingerprint density at radius 3 is 2.50 bits per heavy atom. The van der Waals surface area contributed by atoms with Crippen LogP contribution in [0.4, 0.5) is 5.69 Å². The molecule has 6 rings (SSSR count). The number of aliphatic hydroxyl groups is 1. The van der Waals surface area contributed by atoms with Gasteiger partial charge in [0.15, 0.2) is 0 Å². The van der Waals surface area contributed by atoms with E-state index >= 15 is 0 Å². The van der Waals surface area contributed by atoms with Crippen LogP contribution in [-0.4, -0.2) is 40.8 Å². The zero-order chi connectivity index (χ0) is 26.5. The van der Waals surface area contributed by atoms with Crippen molar-refractivity contribution in [1.82, 2.24) is 14.9 Å². The number of aryl methyl sites for hydroxylation is 1. The Hall–Kier alpha value is -3.55. The van der Waals surface area contributed by atoms with E-state index in [1.165, 1.54) is 24.9 Å². The third-order valence-electron chi connectivity index (χ3n) is 8.40. The molecular formula is C31H36N4O3. The SMILES string of the molecule is Cn1cc(-c2cc(C(C)(C)O)ccc2Oc2ccc(N3CCC4(CCNCC4)C3)cc2)c2cc[nH]c2c1=O. The van der Waals surface area contributed by atoms with Crippen LogP contribution in [0.2, 0.25) is 0 Å². The number of hydrogen-bond donors (Lipinski definition) is 3. The average molecular weight is 513 g/mol. The molecule has 0 unspecified atom stereocenters. The zero-order valence-corrected chi connectivity index (χ0v) is 22.4. The maximum absolute atomic E-state index is 12.7. The van der Waals surface area contributed by atoms with Gasteiger partial charge in [0.25, 0.3) is 5.56 Å². The minimum Gasteiger partial charge on any atom is -0.457 e. The number of aromatic nitrogens is 2. The van der Waals surface area contributed by atoms with Crippen LogP contribution < -0.4 is 20.5 Å². The molecule has 2 aromatic heterocycles. The summed E-state index contributed by atoms with van der Waals surface area (Å²) < 4.78 is 8.03. The molecule has 2 aliphatic rings. The summed E-state index contributed by atoms with van der Waals surface area (Å²) in [4.78, 5) is 18.2. The van der Waals surface area contributed by atoms with Crippen molar-refractivity contribution in [2.45, 2.75) is 38.7 Å². The molecule has 3 N–H and O–H groups in total. The van der Waals surface area contributed by atoms with E-state index in [1.807, 2.05) is 42.6 Å². The standard InChI is InChI=1S/C31H36N4O3/c1-30(2,37)21-4-9-27(25(18-21)26-19-34(3)29(36)28-24(26)10-14-33-28)38-23-7-5-22(6-8-23)35-17-13-31(20-35)11-15-32-16-12-31/h4-10,14,18-19,32-33,37H,11-13,15-17,20H2,1-3H3. The maximum atomic E-state index is 12.7. The summed E-state index contributed by atoms with van der Waals surface area (Å²) in [5, 5.41) is 15.0. The maximum Gasteiger partial charge on any atom is 0.274 e. The van der Waals surface area contributed by atoms with Crippen molar-refractivity contribution in [2.24, 2.45) is 12.5 Å². The number of rotatable bonds is 5. The van der Waals surface area contributed by atoms with Crippen molar-refractivity contribution in [3.05, 3.63) is 76.8 Å². The lowest BCUT2D eigenvalue weighted by Crippen LogP contribution is -2.38. The summed E-state index contributed by atoms with van der Waals surface area (Å²) >= 11 is 0. The second-order valence-corrected chi connectivity index (χ2v) is 11.5.